The Hall–Kier alpha value is -4.01. The third-order valence-electron chi connectivity index (χ3n) is 7.30. The molecule has 2 aromatic rings. The number of benzene rings is 1. The van der Waals surface area contributed by atoms with E-state index < -0.39 is 5.82 Å². The molecule has 2 aliphatic heterocycles. The average molecular weight is 520 g/mol. The van der Waals surface area contributed by atoms with Crippen molar-refractivity contribution in [3.05, 3.63) is 90.0 Å². The second-order valence-electron chi connectivity index (χ2n) is 10.1. The number of allylic oxidation sites excluding steroid dienone is 1. The summed E-state index contributed by atoms with van der Waals surface area (Å²) in [6.45, 7) is 11.3. The normalized spacial score (nSPS) is 22.9. The van der Waals surface area contributed by atoms with Crippen molar-refractivity contribution < 1.29 is 18.3 Å². The SMILES string of the molecule is C=CN=C1/C(=C(\C)N2CCN(C(=O)OC3(C)CC3)C(C)C2)C(c2ccccc2F)=CN1c1cc(F)ccn1. The highest BCUT2D eigenvalue weighted by molar-refractivity contribution is 6.25. The van der Waals surface area contributed by atoms with Gasteiger partial charge in [0.15, 0.2) is 0 Å². The smallest absolute Gasteiger partial charge is 0.410 e. The first kappa shape index (κ1) is 25.6. The molecule has 1 amide bonds. The Morgan fingerprint density at radius 1 is 1.24 bits per heavy atom. The molecule has 0 bridgehead atoms. The third-order valence-corrected chi connectivity index (χ3v) is 7.30. The number of anilines is 1. The third kappa shape index (κ3) is 4.92. The summed E-state index contributed by atoms with van der Waals surface area (Å²) in [5.74, 6) is -0.0489. The van der Waals surface area contributed by atoms with E-state index in [0.717, 1.165) is 18.5 Å². The lowest BCUT2D eigenvalue weighted by Crippen LogP contribution is -2.54. The summed E-state index contributed by atoms with van der Waals surface area (Å²) in [4.78, 5) is 27.2. The van der Waals surface area contributed by atoms with Crippen LogP contribution in [0.15, 0.2) is 77.8 Å². The number of aromatic nitrogens is 1. The number of nitrogens with zero attached hydrogens (tertiary/aromatic N) is 5. The quantitative estimate of drug-likeness (QED) is 0.505. The molecule has 0 radical (unpaired) electrons. The Morgan fingerprint density at radius 3 is 2.66 bits per heavy atom. The van der Waals surface area contributed by atoms with Crippen LogP contribution in [0.3, 0.4) is 0 Å². The number of hydrogen-bond donors (Lipinski definition) is 0. The minimum absolute atomic E-state index is 0.0998. The van der Waals surface area contributed by atoms with Crippen LogP contribution in [0, 0.1) is 11.6 Å². The standard InChI is InChI=1S/C29H31F2N5O2/c1-5-32-27-26(20(3)34-14-15-35(19(2)17-34)28(37)38-29(4)11-12-29)23(22-8-6-7-9-24(22)31)18-36(27)25-16-21(30)10-13-33-25/h5-10,13,16,18-19H,1,11-12,14-15,17H2,2-4H3/b26-20+,32-27?. The van der Waals surface area contributed by atoms with Crippen LogP contribution >= 0.6 is 0 Å². The molecule has 198 valence electrons. The van der Waals surface area contributed by atoms with Crippen LogP contribution in [-0.2, 0) is 4.74 Å². The molecule has 1 aliphatic carbocycles. The molecule has 5 rings (SSSR count). The first-order valence-corrected chi connectivity index (χ1v) is 12.7. The highest BCUT2D eigenvalue weighted by Crippen LogP contribution is 2.40. The van der Waals surface area contributed by atoms with Gasteiger partial charge in [-0.3, -0.25) is 4.90 Å². The summed E-state index contributed by atoms with van der Waals surface area (Å²) in [6.07, 6.45) is 6.02. The van der Waals surface area contributed by atoms with Gasteiger partial charge in [-0.05, 0) is 45.7 Å². The lowest BCUT2D eigenvalue weighted by Gasteiger charge is -2.41. The molecule has 3 heterocycles. The molecule has 9 heteroatoms. The summed E-state index contributed by atoms with van der Waals surface area (Å²) in [7, 11) is 0. The summed E-state index contributed by atoms with van der Waals surface area (Å²) in [5.41, 5.74) is 2.20. The van der Waals surface area contributed by atoms with Gasteiger partial charge in [0, 0.05) is 72.7 Å². The van der Waals surface area contributed by atoms with E-state index in [1.54, 1.807) is 34.2 Å². The highest BCUT2D eigenvalue weighted by Gasteiger charge is 2.44. The molecule has 1 unspecified atom stereocenters. The number of piperazine rings is 1. The van der Waals surface area contributed by atoms with E-state index in [2.05, 4.69) is 21.5 Å². The highest BCUT2D eigenvalue weighted by atomic mass is 19.1. The number of rotatable bonds is 5. The van der Waals surface area contributed by atoms with Crippen LogP contribution in [0.25, 0.3) is 5.57 Å². The molecular weight excluding hydrogens is 488 g/mol. The number of pyridine rings is 1. The number of amidine groups is 1. The monoisotopic (exact) mass is 519 g/mol. The number of carbonyl (C=O) groups is 1. The molecule has 1 atom stereocenters. The van der Waals surface area contributed by atoms with Crippen molar-refractivity contribution in [1.29, 1.82) is 0 Å². The minimum Gasteiger partial charge on any atom is -0.443 e. The summed E-state index contributed by atoms with van der Waals surface area (Å²) < 4.78 is 34.9. The van der Waals surface area contributed by atoms with Crippen LogP contribution < -0.4 is 4.90 Å². The summed E-state index contributed by atoms with van der Waals surface area (Å²) >= 11 is 0. The zero-order valence-corrected chi connectivity index (χ0v) is 21.8. The number of aliphatic imine (C=N–C) groups is 1. The molecule has 2 fully saturated rings. The van der Waals surface area contributed by atoms with Crippen molar-refractivity contribution in [2.75, 3.05) is 24.5 Å². The van der Waals surface area contributed by atoms with Gasteiger partial charge in [0.2, 0.25) is 0 Å². The van der Waals surface area contributed by atoms with E-state index >= 15 is 4.39 Å². The van der Waals surface area contributed by atoms with Gasteiger partial charge < -0.3 is 14.5 Å². The molecule has 7 nitrogen and oxygen atoms in total. The Bertz CT molecular complexity index is 1360. The summed E-state index contributed by atoms with van der Waals surface area (Å²) in [5, 5.41) is 0. The van der Waals surface area contributed by atoms with E-state index in [1.165, 1.54) is 30.6 Å². The maximum atomic E-state index is 15.1. The number of carbonyl (C=O) groups excluding carboxylic acids is 1. The molecule has 1 aromatic carbocycles. The van der Waals surface area contributed by atoms with Crippen molar-refractivity contribution in [3.63, 3.8) is 0 Å². The minimum atomic E-state index is -0.445. The van der Waals surface area contributed by atoms with Gasteiger partial charge in [0.05, 0.1) is 0 Å². The molecule has 0 spiro atoms. The van der Waals surface area contributed by atoms with Gasteiger partial charge in [-0.15, -0.1) is 0 Å². The molecule has 3 aliphatic rings. The number of amides is 1. The zero-order chi connectivity index (χ0) is 27.0. The van der Waals surface area contributed by atoms with Gasteiger partial charge in [-0.25, -0.2) is 23.6 Å². The van der Waals surface area contributed by atoms with E-state index in [4.69, 9.17) is 4.74 Å². The van der Waals surface area contributed by atoms with Gasteiger partial charge in [0.1, 0.15) is 28.9 Å². The second-order valence-corrected chi connectivity index (χ2v) is 10.1. The van der Waals surface area contributed by atoms with Crippen molar-refractivity contribution in [2.24, 2.45) is 4.99 Å². The first-order valence-electron chi connectivity index (χ1n) is 12.7. The Morgan fingerprint density at radius 2 is 2.00 bits per heavy atom. The molecule has 1 saturated carbocycles. The number of halogens is 2. The maximum Gasteiger partial charge on any atom is 0.410 e. The van der Waals surface area contributed by atoms with E-state index in [-0.39, 0.29) is 23.6 Å². The Kier molecular flexibility index (Phi) is 6.77. The van der Waals surface area contributed by atoms with Crippen LogP contribution in [-0.4, -0.2) is 58.0 Å². The lowest BCUT2D eigenvalue weighted by molar-refractivity contribution is 0.0302. The van der Waals surface area contributed by atoms with Gasteiger partial charge in [-0.2, -0.15) is 0 Å². The summed E-state index contributed by atoms with van der Waals surface area (Å²) in [6, 6.07) is 8.99. The second kappa shape index (κ2) is 10.0. The predicted molar refractivity (Wildman–Crippen MR) is 143 cm³/mol. The van der Waals surface area contributed by atoms with Gasteiger partial charge in [-0.1, -0.05) is 24.8 Å². The average Bonchev–Trinajstić information content (AvgIpc) is 3.49. The largest absolute Gasteiger partial charge is 0.443 e. The van der Waals surface area contributed by atoms with Crippen LogP contribution in [0.2, 0.25) is 0 Å². The topological polar surface area (TPSA) is 61.3 Å². The maximum absolute atomic E-state index is 15.1. The molecule has 1 saturated heterocycles. The first-order chi connectivity index (χ1) is 18.2. The van der Waals surface area contributed by atoms with E-state index in [9.17, 15) is 9.18 Å². The van der Waals surface area contributed by atoms with Crippen LogP contribution in [0.1, 0.15) is 39.2 Å². The predicted octanol–water partition coefficient (Wildman–Crippen LogP) is 5.73. The number of ether oxygens (including phenoxy) is 1. The fourth-order valence-electron chi connectivity index (χ4n) is 4.89. The van der Waals surface area contributed by atoms with Crippen molar-refractivity contribution in [3.8, 4) is 0 Å². The van der Waals surface area contributed by atoms with Crippen LogP contribution in [0.4, 0.5) is 19.4 Å². The molecule has 1 aromatic heterocycles. The Balaban J connectivity index is 1.53. The van der Waals surface area contributed by atoms with Gasteiger partial charge in [0.25, 0.3) is 0 Å². The zero-order valence-electron chi connectivity index (χ0n) is 21.8. The molecule has 38 heavy (non-hydrogen) atoms. The lowest BCUT2D eigenvalue weighted by atomic mass is 9.97. The van der Waals surface area contributed by atoms with E-state index in [1.807, 2.05) is 20.8 Å². The fourth-order valence-corrected chi connectivity index (χ4v) is 4.89. The van der Waals surface area contributed by atoms with Crippen molar-refractivity contribution in [2.45, 2.75) is 45.3 Å². The molecular formula is C29H31F2N5O2. The van der Waals surface area contributed by atoms with Gasteiger partial charge >= 0.3 is 6.09 Å². The fraction of sp³-hybridized carbons (Fsp3) is 0.345. The molecule has 0 N–H and O–H groups in total. The number of hydrogen-bond acceptors (Lipinski definition) is 5. The van der Waals surface area contributed by atoms with Crippen molar-refractivity contribution in [1.82, 2.24) is 14.8 Å². The van der Waals surface area contributed by atoms with E-state index in [0.29, 0.717) is 48.0 Å². The Labute approximate surface area is 221 Å². The van der Waals surface area contributed by atoms with Crippen molar-refractivity contribution >= 4 is 23.3 Å². The van der Waals surface area contributed by atoms with Crippen LogP contribution in [0.5, 0.6) is 0 Å².